The van der Waals surface area contributed by atoms with Crippen LogP contribution in [0.5, 0.6) is 11.5 Å². The molecule has 2 aromatic carbocycles. The number of sulfone groups is 1. The Morgan fingerprint density at radius 2 is 1.33 bits per heavy atom. The molecule has 2 aromatic rings. The fourth-order valence-corrected chi connectivity index (χ4v) is 2.64. The maximum Gasteiger partial charge on any atom is 0.175 e. The average Bonchev–Trinajstić information content (AvgIpc) is 2.54. The number of carbonyl (C=O) groups is 1. The molecule has 0 saturated heterocycles. The molecule has 2 rings (SSSR count). The quantitative estimate of drug-likeness (QED) is 0.541. The van der Waals surface area contributed by atoms with Crippen molar-refractivity contribution in [1.29, 1.82) is 0 Å². The fraction of sp³-hybridized carbons (Fsp3) is 0.278. The number of carbonyl (C=O) groups excluding carboxylic acids is 1. The first-order valence-electron chi connectivity index (χ1n) is 7.53. The summed E-state index contributed by atoms with van der Waals surface area (Å²) in [6, 6.07) is 13.3. The summed E-state index contributed by atoms with van der Waals surface area (Å²) in [6.07, 6.45) is 1.85. The van der Waals surface area contributed by atoms with Gasteiger partial charge in [0.25, 0.3) is 0 Å². The molecule has 5 nitrogen and oxygen atoms in total. The second kappa shape index (κ2) is 7.97. The second-order valence-electron chi connectivity index (χ2n) is 5.37. The Hall–Kier alpha value is -2.34. The van der Waals surface area contributed by atoms with Gasteiger partial charge in [0.05, 0.1) is 18.1 Å². The molecule has 0 aromatic heterocycles. The third kappa shape index (κ3) is 5.38. The van der Waals surface area contributed by atoms with Gasteiger partial charge < -0.3 is 9.47 Å². The maximum atomic E-state index is 11.4. The molecular formula is C18H20O5S. The molecule has 0 spiro atoms. The first-order valence-corrected chi connectivity index (χ1v) is 9.42. The molecule has 0 heterocycles. The monoisotopic (exact) mass is 348 g/mol. The van der Waals surface area contributed by atoms with E-state index in [2.05, 4.69) is 0 Å². The van der Waals surface area contributed by atoms with Crippen LogP contribution in [0, 0.1) is 0 Å². The molecule has 0 unspecified atom stereocenters. The Morgan fingerprint density at radius 3 is 1.75 bits per heavy atom. The predicted molar refractivity (Wildman–Crippen MR) is 91.6 cm³/mol. The van der Waals surface area contributed by atoms with Crippen LogP contribution >= 0.6 is 0 Å². The first kappa shape index (κ1) is 18.0. The van der Waals surface area contributed by atoms with Gasteiger partial charge in [-0.25, -0.2) is 8.42 Å². The summed E-state index contributed by atoms with van der Waals surface area (Å²) in [6.45, 7) is 2.47. The van der Waals surface area contributed by atoms with Crippen LogP contribution in [0.25, 0.3) is 0 Å². The number of rotatable bonds is 8. The molecule has 0 amide bonds. The number of ketones is 1. The van der Waals surface area contributed by atoms with Gasteiger partial charge >= 0.3 is 0 Å². The van der Waals surface area contributed by atoms with Crippen LogP contribution in [0.4, 0.5) is 0 Å². The molecule has 0 N–H and O–H groups in total. The maximum absolute atomic E-state index is 11.4. The van der Waals surface area contributed by atoms with Crippen LogP contribution in [0.15, 0.2) is 53.4 Å². The standard InChI is InChI=1S/C18H20O5S/c1-14(19)15-4-6-16(7-5-15)22-12-3-13-23-17-8-10-18(11-9-17)24(2,20)21/h4-11H,3,12-13H2,1-2H3. The largest absolute Gasteiger partial charge is 0.493 e. The molecule has 0 aliphatic heterocycles. The van der Waals surface area contributed by atoms with E-state index in [1.54, 1.807) is 36.4 Å². The SMILES string of the molecule is CC(=O)c1ccc(OCCCOc2ccc(S(C)(=O)=O)cc2)cc1. The van der Waals surface area contributed by atoms with Crippen molar-refractivity contribution < 1.29 is 22.7 Å². The van der Waals surface area contributed by atoms with Crippen molar-refractivity contribution in [2.24, 2.45) is 0 Å². The zero-order valence-corrected chi connectivity index (χ0v) is 14.5. The van der Waals surface area contributed by atoms with Gasteiger partial charge in [0.15, 0.2) is 15.6 Å². The Kier molecular flexibility index (Phi) is 5.98. The van der Waals surface area contributed by atoms with Crippen molar-refractivity contribution in [3.63, 3.8) is 0 Å². The molecular weight excluding hydrogens is 328 g/mol. The lowest BCUT2D eigenvalue weighted by Gasteiger charge is -2.08. The summed E-state index contributed by atoms with van der Waals surface area (Å²) in [4.78, 5) is 11.4. The van der Waals surface area contributed by atoms with Gasteiger partial charge in [-0.15, -0.1) is 0 Å². The lowest BCUT2D eigenvalue weighted by atomic mass is 10.1. The number of benzene rings is 2. The molecule has 6 heteroatoms. The summed E-state index contributed by atoms with van der Waals surface area (Å²) >= 11 is 0. The van der Waals surface area contributed by atoms with E-state index in [-0.39, 0.29) is 10.7 Å². The smallest absolute Gasteiger partial charge is 0.175 e. The summed E-state index contributed by atoms with van der Waals surface area (Å²) in [7, 11) is -3.18. The highest BCUT2D eigenvalue weighted by Crippen LogP contribution is 2.16. The van der Waals surface area contributed by atoms with E-state index in [1.807, 2.05) is 0 Å². The zero-order chi connectivity index (χ0) is 17.6. The van der Waals surface area contributed by atoms with Crippen LogP contribution in [-0.2, 0) is 9.84 Å². The van der Waals surface area contributed by atoms with Crippen molar-refractivity contribution in [3.8, 4) is 11.5 Å². The average molecular weight is 348 g/mol. The Labute approximate surface area is 142 Å². The van der Waals surface area contributed by atoms with Crippen molar-refractivity contribution >= 4 is 15.6 Å². The van der Waals surface area contributed by atoms with Gasteiger partial charge in [0.1, 0.15) is 11.5 Å². The summed E-state index contributed by atoms with van der Waals surface area (Å²) in [5.41, 5.74) is 0.656. The van der Waals surface area contributed by atoms with E-state index in [4.69, 9.17) is 9.47 Å². The van der Waals surface area contributed by atoms with Gasteiger partial charge in [-0.2, -0.15) is 0 Å². The number of ether oxygens (including phenoxy) is 2. The normalized spacial score (nSPS) is 11.1. The molecule has 0 atom stereocenters. The van der Waals surface area contributed by atoms with Crippen LogP contribution in [-0.4, -0.2) is 33.7 Å². The van der Waals surface area contributed by atoms with Crippen molar-refractivity contribution in [3.05, 3.63) is 54.1 Å². The molecule has 24 heavy (non-hydrogen) atoms. The Morgan fingerprint density at radius 1 is 0.875 bits per heavy atom. The van der Waals surface area contributed by atoms with Gasteiger partial charge in [-0.1, -0.05) is 0 Å². The molecule has 0 radical (unpaired) electrons. The molecule has 128 valence electrons. The van der Waals surface area contributed by atoms with Crippen molar-refractivity contribution in [1.82, 2.24) is 0 Å². The van der Waals surface area contributed by atoms with Crippen molar-refractivity contribution in [2.75, 3.05) is 19.5 Å². The fourth-order valence-electron chi connectivity index (χ4n) is 2.01. The van der Waals surface area contributed by atoms with E-state index in [1.165, 1.54) is 25.3 Å². The molecule has 0 saturated carbocycles. The van der Waals surface area contributed by atoms with E-state index in [0.717, 1.165) is 0 Å². The van der Waals surface area contributed by atoms with E-state index >= 15 is 0 Å². The van der Waals surface area contributed by atoms with Gasteiger partial charge in [0, 0.05) is 18.2 Å². The topological polar surface area (TPSA) is 69.7 Å². The van der Waals surface area contributed by atoms with E-state index in [9.17, 15) is 13.2 Å². The highest BCUT2D eigenvalue weighted by Gasteiger charge is 2.06. The molecule has 0 aliphatic rings. The summed E-state index contributed by atoms with van der Waals surface area (Å²) < 4.78 is 33.8. The number of hydrogen-bond acceptors (Lipinski definition) is 5. The van der Waals surface area contributed by atoms with Crippen LogP contribution in [0.1, 0.15) is 23.7 Å². The lowest BCUT2D eigenvalue weighted by Crippen LogP contribution is -2.05. The zero-order valence-electron chi connectivity index (χ0n) is 13.7. The molecule has 0 bridgehead atoms. The van der Waals surface area contributed by atoms with E-state index in [0.29, 0.717) is 36.7 Å². The Balaban J connectivity index is 1.72. The van der Waals surface area contributed by atoms with E-state index < -0.39 is 9.84 Å². The van der Waals surface area contributed by atoms with Gasteiger partial charge in [-0.3, -0.25) is 4.79 Å². The second-order valence-corrected chi connectivity index (χ2v) is 7.39. The number of Topliss-reactive ketones (excluding diaryl/α,β-unsaturated/α-hetero) is 1. The predicted octanol–water partition coefficient (Wildman–Crippen LogP) is 3.14. The van der Waals surface area contributed by atoms with Gasteiger partial charge in [0.2, 0.25) is 0 Å². The minimum absolute atomic E-state index is 0.0249. The highest BCUT2D eigenvalue weighted by atomic mass is 32.2. The Bertz CT molecular complexity index is 777. The van der Waals surface area contributed by atoms with Crippen molar-refractivity contribution in [2.45, 2.75) is 18.2 Å². The third-order valence-corrected chi connectivity index (χ3v) is 4.47. The van der Waals surface area contributed by atoms with Crippen LogP contribution in [0.3, 0.4) is 0 Å². The van der Waals surface area contributed by atoms with Gasteiger partial charge in [-0.05, 0) is 55.5 Å². The number of hydrogen-bond donors (Lipinski definition) is 0. The summed E-state index contributed by atoms with van der Waals surface area (Å²) in [5, 5.41) is 0. The summed E-state index contributed by atoms with van der Waals surface area (Å²) in [5.74, 6) is 1.35. The van der Waals surface area contributed by atoms with Crippen LogP contribution < -0.4 is 9.47 Å². The van der Waals surface area contributed by atoms with Crippen LogP contribution in [0.2, 0.25) is 0 Å². The molecule has 0 fully saturated rings. The first-order chi connectivity index (χ1) is 11.4. The minimum Gasteiger partial charge on any atom is -0.493 e. The molecule has 0 aliphatic carbocycles. The minimum atomic E-state index is -3.18. The lowest BCUT2D eigenvalue weighted by molar-refractivity contribution is 0.101. The third-order valence-electron chi connectivity index (χ3n) is 3.34. The highest BCUT2D eigenvalue weighted by molar-refractivity contribution is 7.90.